The molecular formula is C12H14O3. The van der Waals surface area contributed by atoms with Gasteiger partial charge in [-0.3, -0.25) is 4.79 Å². The van der Waals surface area contributed by atoms with E-state index in [4.69, 9.17) is 9.47 Å². The van der Waals surface area contributed by atoms with Crippen molar-refractivity contribution in [2.24, 2.45) is 0 Å². The zero-order chi connectivity index (χ0) is 11.1. The normalized spacial score (nSPS) is 21.7. The first kappa shape index (κ1) is 10.0. The Morgan fingerprint density at radius 2 is 2.07 bits per heavy atom. The van der Waals surface area contributed by atoms with Crippen LogP contribution in [0, 0.1) is 0 Å². The molecule has 1 unspecified atom stereocenters. The van der Waals surface area contributed by atoms with Gasteiger partial charge >= 0.3 is 5.97 Å². The van der Waals surface area contributed by atoms with E-state index >= 15 is 0 Å². The Morgan fingerprint density at radius 3 is 2.73 bits per heavy atom. The summed E-state index contributed by atoms with van der Waals surface area (Å²) in [5.41, 5.74) is 0.452. The number of hydrogen-bond acceptors (Lipinski definition) is 3. The summed E-state index contributed by atoms with van der Waals surface area (Å²) in [5.74, 6) is 0.516. The molecule has 0 fully saturated rings. The van der Waals surface area contributed by atoms with Gasteiger partial charge in [0.25, 0.3) is 0 Å². The van der Waals surface area contributed by atoms with Crippen LogP contribution in [0.25, 0.3) is 0 Å². The molecular weight excluding hydrogens is 192 g/mol. The van der Waals surface area contributed by atoms with E-state index in [-0.39, 0.29) is 12.1 Å². The van der Waals surface area contributed by atoms with E-state index in [9.17, 15) is 4.79 Å². The molecule has 0 amide bonds. The summed E-state index contributed by atoms with van der Waals surface area (Å²) in [6, 6.07) is 7.64. The van der Waals surface area contributed by atoms with Gasteiger partial charge in [0.15, 0.2) is 6.10 Å². The van der Waals surface area contributed by atoms with Crippen molar-refractivity contribution in [1.82, 2.24) is 0 Å². The Kier molecular flexibility index (Phi) is 2.18. The largest absolute Gasteiger partial charge is 0.483 e. The van der Waals surface area contributed by atoms with Crippen LogP contribution in [0.5, 0.6) is 5.75 Å². The number of ether oxygens (including phenoxy) is 2. The lowest BCUT2D eigenvalue weighted by Crippen LogP contribution is -2.32. The summed E-state index contributed by atoms with van der Waals surface area (Å²) in [4.78, 5) is 11.0. The van der Waals surface area contributed by atoms with E-state index in [1.807, 2.05) is 38.1 Å². The van der Waals surface area contributed by atoms with E-state index in [1.165, 1.54) is 6.92 Å². The molecule has 1 atom stereocenters. The number of rotatable bonds is 1. The monoisotopic (exact) mass is 206 g/mol. The standard InChI is InChI=1S/C12H14O3/c1-8(13)14-11-9-6-4-5-7-10(9)15-12(11,2)3/h4-7,11H,1-3H3. The van der Waals surface area contributed by atoms with Gasteiger partial charge in [-0.2, -0.15) is 0 Å². The summed E-state index contributed by atoms with van der Waals surface area (Å²) in [5, 5.41) is 0. The van der Waals surface area contributed by atoms with E-state index in [2.05, 4.69) is 0 Å². The highest BCUT2D eigenvalue weighted by atomic mass is 16.6. The summed E-state index contributed by atoms with van der Waals surface area (Å²) in [6.07, 6.45) is -0.314. The molecule has 1 aromatic rings. The van der Waals surface area contributed by atoms with Crippen LogP contribution in [0.2, 0.25) is 0 Å². The van der Waals surface area contributed by atoms with Crippen molar-refractivity contribution in [2.45, 2.75) is 32.5 Å². The van der Waals surface area contributed by atoms with Gasteiger partial charge in [0.2, 0.25) is 0 Å². The van der Waals surface area contributed by atoms with E-state index in [1.54, 1.807) is 0 Å². The molecule has 3 nitrogen and oxygen atoms in total. The van der Waals surface area contributed by atoms with Crippen LogP contribution in [0.4, 0.5) is 0 Å². The average Bonchev–Trinajstić information content (AvgIpc) is 2.37. The topological polar surface area (TPSA) is 35.5 Å². The molecule has 1 aliphatic rings. The van der Waals surface area contributed by atoms with Crippen molar-refractivity contribution in [1.29, 1.82) is 0 Å². The number of para-hydroxylation sites is 1. The van der Waals surface area contributed by atoms with Gasteiger partial charge < -0.3 is 9.47 Å². The molecule has 0 N–H and O–H groups in total. The summed E-state index contributed by atoms with van der Waals surface area (Å²) >= 11 is 0. The van der Waals surface area contributed by atoms with E-state index in [0.29, 0.717) is 0 Å². The third-order valence-corrected chi connectivity index (χ3v) is 2.49. The zero-order valence-corrected chi connectivity index (χ0v) is 9.11. The van der Waals surface area contributed by atoms with Gasteiger partial charge in [-0.15, -0.1) is 0 Å². The Morgan fingerprint density at radius 1 is 1.40 bits per heavy atom. The Bertz CT molecular complexity index is 396. The highest BCUT2D eigenvalue weighted by Gasteiger charge is 2.43. The van der Waals surface area contributed by atoms with E-state index in [0.717, 1.165) is 11.3 Å². The molecule has 0 saturated heterocycles. The quantitative estimate of drug-likeness (QED) is 0.662. The predicted octanol–water partition coefficient (Wildman–Crippen LogP) is 2.46. The first-order valence-electron chi connectivity index (χ1n) is 4.96. The lowest BCUT2D eigenvalue weighted by molar-refractivity contribution is -0.154. The number of fused-ring (bicyclic) bond motifs is 1. The SMILES string of the molecule is CC(=O)OC1c2ccccc2OC1(C)C. The molecule has 0 bridgehead atoms. The van der Waals surface area contributed by atoms with Crippen LogP contribution in [-0.4, -0.2) is 11.6 Å². The highest BCUT2D eigenvalue weighted by molar-refractivity contribution is 5.67. The van der Waals surface area contributed by atoms with Crippen molar-refractivity contribution < 1.29 is 14.3 Å². The highest BCUT2D eigenvalue weighted by Crippen LogP contribution is 2.44. The van der Waals surface area contributed by atoms with Crippen LogP contribution < -0.4 is 4.74 Å². The summed E-state index contributed by atoms with van der Waals surface area (Å²) in [7, 11) is 0. The predicted molar refractivity (Wildman–Crippen MR) is 55.7 cm³/mol. The van der Waals surface area contributed by atoms with Crippen LogP contribution in [0.15, 0.2) is 24.3 Å². The number of hydrogen-bond donors (Lipinski definition) is 0. The third kappa shape index (κ3) is 1.69. The minimum atomic E-state index is -0.491. The number of carbonyl (C=O) groups excluding carboxylic acids is 1. The molecule has 0 radical (unpaired) electrons. The molecule has 80 valence electrons. The van der Waals surface area contributed by atoms with Crippen molar-refractivity contribution >= 4 is 5.97 Å². The van der Waals surface area contributed by atoms with Gasteiger partial charge in [0.05, 0.1) is 0 Å². The smallest absolute Gasteiger partial charge is 0.303 e. The molecule has 1 aliphatic heterocycles. The first-order chi connectivity index (χ1) is 7.00. The summed E-state index contributed by atoms with van der Waals surface area (Å²) < 4.78 is 11.0. The maximum atomic E-state index is 11.0. The molecule has 1 aromatic carbocycles. The Balaban J connectivity index is 2.38. The minimum absolute atomic E-state index is 0.284. The van der Waals surface area contributed by atoms with Crippen LogP contribution in [0.3, 0.4) is 0 Å². The fourth-order valence-corrected chi connectivity index (χ4v) is 1.87. The van der Waals surface area contributed by atoms with Crippen LogP contribution in [0.1, 0.15) is 32.4 Å². The van der Waals surface area contributed by atoms with Crippen molar-refractivity contribution in [3.05, 3.63) is 29.8 Å². The zero-order valence-electron chi connectivity index (χ0n) is 9.11. The van der Waals surface area contributed by atoms with Crippen LogP contribution >= 0.6 is 0 Å². The van der Waals surface area contributed by atoms with Gasteiger partial charge in [-0.25, -0.2) is 0 Å². The molecule has 1 heterocycles. The molecule has 0 spiro atoms. The second-order valence-corrected chi connectivity index (χ2v) is 4.23. The number of benzene rings is 1. The van der Waals surface area contributed by atoms with Gasteiger partial charge in [0, 0.05) is 12.5 Å². The minimum Gasteiger partial charge on any atom is -0.483 e. The molecule has 0 aliphatic carbocycles. The fourth-order valence-electron chi connectivity index (χ4n) is 1.87. The lowest BCUT2D eigenvalue weighted by Gasteiger charge is -2.25. The first-order valence-corrected chi connectivity index (χ1v) is 4.96. The number of carbonyl (C=O) groups is 1. The van der Waals surface area contributed by atoms with Crippen molar-refractivity contribution in [2.75, 3.05) is 0 Å². The second-order valence-electron chi connectivity index (χ2n) is 4.23. The van der Waals surface area contributed by atoms with Crippen molar-refractivity contribution in [3.63, 3.8) is 0 Å². The lowest BCUT2D eigenvalue weighted by atomic mass is 9.97. The Hall–Kier alpha value is -1.51. The maximum Gasteiger partial charge on any atom is 0.303 e. The van der Waals surface area contributed by atoms with E-state index < -0.39 is 5.60 Å². The van der Waals surface area contributed by atoms with Gasteiger partial charge in [-0.05, 0) is 19.9 Å². The molecule has 2 rings (SSSR count). The third-order valence-electron chi connectivity index (χ3n) is 2.49. The van der Waals surface area contributed by atoms with Crippen LogP contribution in [-0.2, 0) is 9.53 Å². The summed E-state index contributed by atoms with van der Waals surface area (Å²) in [6.45, 7) is 5.25. The van der Waals surface area contributed by atoms with Crippen molar-refractivity contribution in [3.8, 4) is 5.75 Å². The average molecular weight is 206 g/mol. The second kappa shape index (κ2) is 3.26. The maximum absolute atomic E-state index is 11.0. The van der Waals surface area contributed by atoms with Gasteiger partial charge in [-0.1, -0.05) is 18.2 Å². The molecule has 0 aromatic heterocycles. The fraction of sp³-hybridized carbons (Fsp3) is 0.417. The van der Waals surface area contributed by atoms with Gasteiger partial charge in [0.1, 0.15) is 11.4 Å². The molecule has 15 heavy (non-hydrogen) atoms. The molecule has 0 saturated carbocycles. The Labute approximate surface area is 89.0 Å². The molecule has 3 heteroatoms. The number of esters is 1.